The van der Waals surface area contributed by atoms with E-state index in [4.69, 9.17) is 4.74 Å². The molecule has 1 saturated heterocycles. The molecule has 0 bridgehead atoms. The second kappa shape index (κ2) is 5.45. The van der Waals surface area contributed by atoms with E-state index in [1.807, 2.05) is 20.8 Å². The second-order valence-electron chi connectivity index (χ2n) is 6.68. The number of amides is 3. The number of morpholine rings is 1. The Bertz CT molecular complexity index is 648. The Labute approximate surface area is 135 Å². The van der Waals surface area contributed by atoms with Gasteiger partial charge in [0.05, 0.1) is 29.4 Å². The number of nitrogens with zero attached hydrogens (tertiary/aromatic N) is 2. The van der Waals surface area contributed by atoms with E-state index in [1.165, 1.54) is 0 Å². The molecular weight excluding hydrogens is 296 g/mol. The summed E-state index contributed by atoms with van der Waals surface area (Å²) in [7, 11) is 0. The molecule has 0 saturated carbocycles. The van der Waals surface area contributed by atoms with E-state index in [0.717, 1.165) is 4.90 Å². The van der Waals surface area contributed by atoms with Gasteiger partial charge in [-0.15, -0.1) is 0 Å². The lowest BCUT2D eigenvalue weighted by molar-refractivity contribution is -0.153. The van der Waals surface area contributed by atoms with E-state index in [2.05, 4.69) is 0 Å². The molecule has 0 spiro atoms. The summed E-state index contributed by atoms with van der Waals surface area (Å²) < 4.78 is 5.60. The van der Waals surface area contributed by atoms with Gasteiger partial charge < -0.3 is 9.64 Å². The van der Waals surface area contributed by atoms with Crippen LogP contribution in [0.2, 0.25) is 0 Å². The Morgan fingerprint density at radius 2 is 1.78 bits per heavy atom. The number of benzene rings is 1. The van der Waals surface area contributed by atoms with Crippen molar-refractivity contribution in [2.75, 3.05) is 19.7 Å². The van der Waals surface area contributed by atoms with Crippen LogP contribution in [0, 0.1) is 0 Å². The third kappa shape index (κ3) is 2.63. The predicted octanol–water partition coefficient (Wildman–Crippen LogP) is 1.31. The van der Waals surface area contributed by atoms with Crippen LogP contribution in [0.3, 0.4) is 0 Å². The van der Waals surface area contributed by atoms with Gasteiger partial charge in [0.15, 0.2) is 0 Å². The van der Waals surface area contributed by atoms with Crippen LogP contribution in [-0.2, 0) is 9.53 Å². The first kappa shape index (κ1) is 15.7. The van der Waals surface area contributed by atoms with Crippen molar-refractivity contribution in [1.82, 2.24) is 9.80 Å². The van der Waals surface area contributed by atoms with Crippen molar-refractivity contribution in [1.29, 1.82) is 0 Å². The SMILES string of the molecule is CC1CN(C(=O)CN2C(=O)c3ccccc3C2=O)C(C)(C)CO1. The topological polar surface area (TPSA) is 66.9 Å². The zero-order valence-electron chi connectivity index (χ0n) is 13.5. The number of imide groups is 1. The molecule has 0 aliphatic carbocycles. The smallest absolute Gasteiger partial charge is 0.262 e. The molecular formula is C17H20N2O4. The van der Waals surface area contributed by atoms with Crippen molar-refractivity contribution in [2.45, 2.75) is 32.4 Å². The van der Waals surface area contributed by atoms with Gasteiger partial charge in [-0.3, -0.25) is 19.3 Å². The highest BCUT2D eigenvalue weighted by molar-refractivity contribution is 6.22. The number of rotatable bonds is 2. The van der Waals surface area contributed by atoms with Gasteiger partial charge in [0.25, 0.3) is 11.8 Å². The zero-order valence-corrected chi connectivity index (χ0v) is 13.5. The highest BCUT2D eigenvalue weighted by atomic mass is 16.5. The first-order valence-corrected chi connectivity index (χ1v) is 7.68. The molecule has 0 radical (unpaired) electrons. The second-order valence-corrected chi connectivity index (χ2v) is 6.68. The molecule has 2 aliphatic heterocycles. The Kier molecular flexibility index (Phi) is 3.72. The summed E-state index contributed by atoms with van der Waals surface area (Å²) in [6, 6.07) is 6.64. The van der Waals surface area contributed by atoms with Crippen molar-refractivity contribution in [3.05, 3.63) is 35.4 Å². The largest absolute Gasteiger partial charge is 0.374 e. The summed E-state index contributed by atoms with van der Waals surface area (Å²) in [6.45, 7) is 6.38. The maximum atomic E-state index is 12.7. The number of ether oxygens (including phenoxy) is 1. The van der Waals surface area contributed by atoms with Gasteiger partial charge in [-0.25, -0.2) is 0 Å². The average Bonchev–Trinajstić information content (AvgIpc) is 2.75. The summed E-state index contributed by atoms with van der Waals surface area (Å²) in [6.07, 6.45) is -0.0610. The lowest BCUT2D eigenvalue weighted by atomic mass is 10.0. The molecule has 1 aromatic rings. The molecule has 2 aliphatic rings. The third-order valence-corrected chi connectivity index (χ3v) is 4.36. The lowest BCUT2D eigenvalue weighted by Gasteiger charge is -2.45. The molecule has 23 heavy (non-hydrogen) atoms. The van der Waals surface area contributed by atoms with Crippen LogP contribution in [0.15, 0.2) is 24.3 Å². The molecule has 1 unspecified atom stereocenters. The average molecular weight is 316 g/mol. The van der Waals surface area contributed by atoms with Crippen LogP contribution in [0.5, 0.6) is 0 Å². The Hall–Kier alpha value is -2.21. The number of hydrogen-bond donors (Lipinski definition) is 0. The van der Waals surface area contributed by atoms with Crippen LogP contribution in [0.25, 0.3) is 0 Å². The summed E-state index contributed by atoms with van der Waals surface area (Å²) in [5.41, 5.74) is 0.266. The molecule has 0 aromatic heterocycles. The van der Waals surface area contributed by atoms with Crippen LogP contribution >= 0.6 is 0 Å². The van der Waals surface area contributed by atoms with E-state index in [0.29, 0.717) is 24.3 Å². The summed E-state index contributed by atoms with van der Waals surface area (Å²) in [4.78, 5) is 40.1. The first-order valence-electron chi connectivity index (χ1n) is 7.68. The van der Waals surface area contributed by atoms with Crippen molar-refractivity contribution in [3.8, 4) is 0 Å². The summed E-state index contributed by atoms with van der Waals surface area (Å²) >= 11 is 0. The van der Waals surface area contributed by atoms with E-state index >= 15 is 0 Å². The van der Waals surface area contributed by atoms with Crippen molar-refractivity contribution >= 4 is 17.7 Å². The molecule has 6 heteroatoms. The predicted molar refractivity (Wildman–Crippen MR) is 83.0 cm³/mol. The van der Waals surface area contributed by atoms with Crippen LogP contribution in [0.4, 0.5) is 0 Å². The number of carbonyl (C=O) groups is 3. The first-order chi connectivity index (χ1) is 10.8. The zero-order chi connectivity index (χ0) is 16.8. The van der Waals surface area contributed by atoms with Crippen molar-refractivity contribution in [3.63, 3.8) is 0 Å². The fourth-order valence-corrected chi connectivity index (χ4v) is 3.02. The van der Waals surface area contributed by atoms with E-state index < -0.39 is 17.4 Å². The van der Waals surface area contributed by atoms with Crippen molar-refractivity contribution < 1.29 is 19.1 Å². The minimum Gasteiger partial charge on any atom is -0.374 e. The summed E-state index contributed by atoms with van der Waals surface area (Å²) in [5, 5.41) is 0. The van der Waals surface area contributed by atoms with Gasteiger partial charge in [0.2, 0.25) is 5.91 Å². The minimum absolute atomic E-state index is 0.0610. The highest BCUT2D eigenvalue weighted by Gasteiger charge is 2.41. The number of carbonyl (C=O) groups excluding carboxylic acids is 3. The normalized spacial score (nSPS) is 23.2. The van der Waals surface area contributed by atoms with Gasteiger partial charge in [-0.05, 0) is 32.9 Å². The molecule has 3 rings (SSSR count). The Balaban J connectivity index is 1.79. The quantitative estimate of drug-likeness (QED) is 0.772. The number of hydrogen-bond acceptors (Lipinski definition) is 4. The fraction of sp³-hybridized carbons (Fsp3) is 0.471. The molecule has 122 valence electrons. The molecule has 2 heterocycles. The Morgan fingerprint density at radius 3 is 2.35 bits per heavy atom. The van der Waals surface area contributed by atoms with Crippen LogP contribution < -0.4 is 0 Å². The van der Waals surface area contributed by atoms with Gasteiger partial charge in [0.1, 0.15) is 6.54 Å². The standard InChI is InChI=1S/C17H20N2O4/c1-11-8-19(17(2,3)10-23-11)14(20)9-18-15(21)12-6-4-5-7-13(12)16(18)22/h4-7,11H,8-10H2,1-3H3. The van der Waals surface area contributed by atoms with Gasteiger partial charge >= 0.3 is 0 Å². The molecule has 1 fully saturated rings. The fourth-order valence-electron chi connectivity index (χ4n) is 3.02. The monoisotopic (exact) mass is 316 g/mol. The minimum atomic E-state index is -0.456. The maximum absolute atomic E-state index is 12.7. The molecule has 1 aromatic carbocycles. The van der Waals surface area contributed by atoms with Gasteiger partial charge in [-0.1, -0.05) is 12.1 Å². The van der Waals surface area contributed by atoms with Crippen LogP contribution in [0.1, 0.15) is 41.5 Å². The van der Waals surface area contributed by atoms with E-state index in [9.17, 15) is 14.4 Å². The lowest BCUT2D eigenvalue weighted by Crippen LogP contribution is -2.59. The molecule has 3 amide bonds. The van der Waals surface area contributed by atoms with E-state index in [1.54, 1.807) is 29.2 Å². The molecule has 0 N–H and O–H groups in total. The maximum Gasteiger partial charge on any atom is 0.262 e. The van der Waals surface area contributed by atoms with Crippen molar-refractivity contribution in [2.24, 2.45) is 0 Å². The van der Waals surface area contributed by atoms with E-state index in [-0.39, 0.29) is 18.6 Å². The van der Waals surface area contributed by atoms with Gasteiger partial charge in [-0.2, -0.15) is 0 Å². The Morgan fingerprint density at radius 1 is 1.22 bits per heavy atom. The summed E-state index contributed by atoms with van der Waals surface area (Å²) in [5.74, 6) is -1.05. The third-order valence-electron chi connectivity index (χ3n) is 4.36. The number of fused-ring (bicyclic) bond motifs is 1. The molecule has 6 nitrogen and oxygen atoms in total. The van der Waals surface area contributed by atoms with Gasteiger partial charge in [0, 0.05) is 6.54 Å². The molecule has 1 atom stereocenters. The van der Waals surface area contributed by atoms with Crippen LogP contribution in [-0.4, -0.2) is 58.9 Å². The highest BCUT2D eigenvalue weighted by Crippen LogP contribution is 2.25.